The van der Waals surface area contributed by atoms with E-state index in [1.54, 1.807) is 0 Å². The Bertz CT molecular complexity index is 451. The van der Waals surface area contributed by atoms with Crippen LogP contribution in [0.3, 0.4) is 0 Å². The van der Waals surface area contributed by atoms with Gasteiger partial charge in [-0.05, 0) is 31.9 Å². The van der Waals surface area contributed by atoms with Crippen LogP contribution < -0.4 is 4.74 Å². The molecule has 0 aromatic heterocycles. The number of rotatable bonds is 5. The van der Waals surface area contributed by atoms with Crippen LogP contribution >= 0.6 is 0 Å². The lowest BCUT2D eigenvalue weighted by molar-refractivity contribution is 0.314. The Morgan fingerprint density at radius 3 is 2.56 bits per heavy atom. The van der Waals surface area contributed by atoms with Gasteiger partial charge in [0.25, 0.3) is 10.1 Å². The molecule has 16 heavy (non-hydrogen) atoms. The summed E-state index contributed by atoms with van der Waals surface area (Å²) in [6.07, 6.45) is 0.284. The third kappa shape index (κ3) is 4.63. The molecule has 1 rings (SSSR count). The first-order chi connectivity index (χ1) is 7.38. The number of benzene rings is 1. The number of aryl methyl sites for hydroxylation is 2. The Hall–Kier alpha value is -1.07. The highest BCUT2D eigenvalue weighted by Crippen LogP contribution is 2.18. The van der Waals surface area contributed by atoms with Crippen molar-refractivity contribution >= 4 is 10.1 Å². The largest absolute Gasteiger partial charge is 0.493 e. The van der Waals surface area contributed by atoms with Gasteiger partial charge in [-0.3, -0.25) is 4.55 Å². The standard InChI is InChI=1S/C11H16O4S/c1-9-4-5-11(10(2)8-9)15-6-3-7-16(12,13)14/h4-5,8H,3,6-7H2,1-2H3,(H,12,13,14). The zero-order valence-corrected chi connectivity index (χ0v) is 10.3. The zero-order valence-electron chi connectivity index (χ0n) is 9.43. The molecule has 4 nitrogen and oxygen atoms in total. The lowest BCUT2D eigenvalue weighted by Gasteiger charge is -2.08. The minimum absolute atomic E-state index is 0.266. The van der Waals surface area contributed by atoms with Crippen molar-refractivity contribution in [3.8, 4) is 5.75 Å². The predicted molar refractivity (Wildman–Crippen MR) is 62.4 cm³/mol. The average molecular weight is 244 g/mol. The van der Waals surface area contributed by atoms with E-state index >= 15 is 0 Å². The van der Waals surface area contributed by atoms with Crippen LogP contribution in [-0.4, -0.2) is 25.3 Å². The van der Waals surface area contributed by atoms with Crippen molar-refractivity contribution < 1.29 is 17.7 Å². The van der Waals surface area contributed by atoms with Crippen molar-refractivity contribution in [3.63, 3.8) is 0 Å². The van der Waals surface area contributed by atoms with Gasteiger partial charge in [0.2, 0.25) is 0 Å². The second-order valence-electron chi connectivity index (χ2n) is 3.76. The molecule has 0 unspecified atom stereocenters. The third-order valence-corrected chi connectivity index (χ3v) is 2.94. The van der Waals surface area contributed by atoms with Crippen LogP contribution in [0.25, 0.3) is 0 Å². The summed E-state index contributed by atoms with van der Waals surface area (Å²) < 4.78 is 34.8. The quantitative estimate of drug-likeness (QED) is 0.635. The van der Waals surface area contributed by atoms with E-state index in [-0.39, 0.29) is 18.8 Å². The minimum Gasteiger partial charge on any atom is -0.493 e. The summed E-state index contributed by atoms with van der Waals surface area (Å²) in [4.78, 5) is 0. The number of hydrogen-bond acceptors (Lipinski definition) is 3. The topological polar surface area (TPSA) is 63.6 Å². The molecule has 1 aromatic carbocycles. The van der Waals surface area contributed by atoms with Crippen LogP contribution in [0, 0.1) is 13.8 Å². The molecule has 0 heterocycles. The van der Waals surface area contributed by atoms with Gasteiger partial charge in [0.1, 0.15) is 5.75 Å². The maximum atomic E-state index is 10.5. The lowest BCUT2D eigenvalue weighted by atomic mass is 10.1. The maximum absolute atomic E-state index is 10.5. The van der Waals surface area contributed by atoms with E-state index < -0.39 is 10.1 Å². The molecule has 1 N–H and O–H groups in total. The molecular formula is C11H16O4S. The second-order valence-corrected chi connectivity index (χ2v) is 5.33. The van der Waals surface area contributed by atoms with Crippen LogP contribution in [0.15, 0.2) is 18.2 Å². The number of ether oxygens (including phenoxy) is 1. The first kappa shape index (κ1) is 13.0. The molecule has 0 fully saturated rings. The monoisotopic (exact) mass is 244 g/mol. The van der Waals surface area contributed by atoms with Gasteiger partial charge in [-0.1, -0.05) is 17.7 Å². The smallest absolute Gasteiger partial charge is 0.264 e. The Morgan fingerprint density at radius 1 is 1.31 bits per heavy atom. The highest BCUT2D eigenvalue weighted by Gasteiger charge is 2.04. The first-order valence-corrected chi connectivity index (χ1v) is 6.64. The van der Waals surface area contributed by atoms with E-state index in [2.05, 4.69) is 0 Å². The van der Waals surface area contributed by atoms with Crippen LogP contribution in [-0.2, 0) is 10.1 Å². The SMILES string of the molecule is Cc1ccc(OCCCS(=O)(=O)O)c(C)c1. The van der Waals surface area contributed by atoms with Gasteiger partial charge in [-0.15, -0.1) is 0 Å². The van der Waals surface area contributed by atoms with Crippen molar-refractivity contribution in [1.82, 2.24) is 0 Å². The van der Waals surface area contributed by atoms with E-state index in [1.807, 2.05) is 32.0 Å². The van der Waals surface area contributed by atoms with Crippen molar-refractivity contribution in [2.75, 3.05) is 12.4 Å². The molecule has 0 saturated heterocycles. The molecule has 5 heteroatoms. The molecule has 1 aromatic rings. The van der Waals surface area contributed by atoms with E-state index in [0.717, 1.165) is 16.9 Å². The Morgan fingerprint density at radius 2 is 2.00 bits per heavy atom. The fraction of sp³-hybridized carbons (Fsp3) is 0.455. The Balaban J connectivity index is 2.43. The van der Waals surface area contributed by atoms with Gasteiger partial charge in [-0.25, -0.2) is 0 Å². The van der Waals surface area contributed by atoms with Crippen LogP contribution in [0.1, 0.15) is 17.5 Å². The van der Waals surface area contributed by atoms with Gasteiger partial charge in [-0.2, -0.15) is 8.42 Å². The summed E-state index contributed by atoms with van der Waals surface area (Å²) in [5.74, 6) is 0.485. The lowest BCUT2D eigenvalue weighted by Crippen LogP contribution is -2.08. The van der Waals surface area contributed by atoms with E-state index in [0.29, 0.717) is 0 Å². The molecule has 0 atom stereocenters. The van der Waals surface area contributed by atoms with Gasteiger partial charge in [0.05, 0.1) is 12.4 Å². The van der Waals surface area contributed by atoms with Crippen molar-refractivity contribution in [3.05, 3.63) is 29.3 Å². The van der Waals surface area contributed by atoms with Gasteiger partial charge in [0.15, 0.2) is 0 Å². The summed E-state index contributed by atoms with van der Waals surface area (Å²) in [7, 11) is -3.88. The van der Waals surface area contributed by atoms with Gasteiger partial charge < -0.3 is 4.74 Å². The molecule has 0 aliphatic rings. The van der Waals surface area contributed by atoms with E-state index in [1.165, 1.54) is 0 Å². The molecule has 0 bridgehead atoms. The van der Waals surface area contributed by atoms with Crippen molar-refractivity contribution in [2.45, 2.75) is 20.3 Å². The Kier molecular flexibility index (Phi) is 4.32. The minimum atomic E-state index is -3.88. The fourth-order valence-electron chi connectivity index (χ4n) is 1.38. The van der Waals surface area contributed by atoms with E-state index in [9.17, 15) is 8.42 Å². The summed E-state index contributed by atoms with van der Waals surface area (Å²) >= 11 is 0. The highest BCUT2D eigenvalue weighted by molar-refractivity contribution is 7.85. The van der Waals surface area contributed by atoms with Crippen LogP contribution in [0.5, 0.6) is 5.75 Å². The fourth-order valence-corrected chi connectivity index (χ4v) is 1.87. The molecule has 0 aliphatic heterocycles. The highest BCUT2D eigenvalue weighted by atomic mass is 32.2. The molecule has 0 aliphatic carbocycles. The van der Waals surface area contributed by atoms with E-state index in [4.69, 9.17) is 9.29 Å². The number of hydrogen-bond donors (Lipinski definition) is 1. The zero-order chi connectivity index (χ0) is 12.2. The molecule has 0 saturated carbocycles. The van der Waals surface area contributed by atoms with Gasteiger partial charge >= 0.3 is 0 Å². The van der Waals surface area contributed by atoms with Crippen LogP contribution in [0.2, 0.25) is 0 Å². The maximum Gasteiger partial charge on any atom is 0.264 e. The summed E-state index contributed by atoms with van der Waals surface area (Å²) in [5.41, 5.74) is 2.18. The molecule has 0 amide bonds. The molecular weight excluding hydrogens is 228 g/mol. The second kappa shape index (κ2) is 5.32. The Labute approximate surface area is 96.0 Å². The average Bonchev–Trinajstić information content (AvgIpc) is 2.13. The first-order valence-electron chi connectivity index (χ1n) is 5.04. The molecule has 0 spiro atoms. The molecule has 90 valence electrons. The summed E-state index contributed by atoms with van der Waals surface area (Å²) in [6, 6.07) is 5.79. The van der Waals surface area contributed by atoms with Crippen LogP contribution in [0.4, 0.5) is 0 Å². The van der Waals surface area contributed by atoms with Crippen molar-refractivity contribution in [1.29, 1.82) is 0 Å². The molecule has 0 radical (unpaired) electrons. The van der Waals surface area contributed by atoms with Gasteiger partial charge in [0, 0.05) is 0 Å². The summed E-state index contributed by atoms with van der Waals surface area (Å²) in [5, 5.41) is 0. The normalized spacial score (nSPS) is 11.4. The predicted octanol–water partition coefficient (Wildman–Crippen LogP) is 1.96. The third-order valence-electron chi connectivity index (χ3n) is 2.13. The summed E-state index contributed by atoms with van der Waals surface area (Å²) in [6.45, 7) is 4.21. The van der Waals surface area contributed by atoms with Crippen molar-refractivity contribution in [2.24, 2.45) is 0 Å².